The molecule has 0 radical (unpaired) electrons. The third-order valence-corrected chi connectivity index (χ3v) is 5.29. The molecule has 0 saturated carbocycles. The molecule has 0 N–H and O–H groups in total. The Morgan fingerprint density at radius 2 is 1.50 bits per heavy atom. The van der Waals surface area contributed by atoms with Crippen LogP contribution in [0.2, 0.25) is 5.02 Å². The monoisotopic (exact) mass is 444 g/mol. The molecule has 0 bridgehead atoms. The second kappa shape index (κ2) is 9.38. The number of ether oxygens (including phenoxy) is 1. The Morgan fingerprint density at radius 1 is 0.900 bits per heavy atom. The number of nitro groups is 2. The zero-order chi connectivity index (χ0) is 21.7. The number of hydrogen-bond donors (Lipinski definition) is 0. The highest BCUT2D eigenvalue weighted by atomic mass is 35.5. The summed E-state index contributed by atoms with van der Waals surface area (Å²) in [4.78, 5) is 34.6. The summed E-state index contributed by atoms with van der Waals surface area (Å²) >= 11 is 7.12. The predicted molar refractivity (Wildman–Crippen MR) is 111 cm³/mol. The summed E-state index contributed by atoms with van der Waals surface area (Å²) in [5.74, 6) is -0.742. The van der Waals surface area contributed by atoms with Gasteiger partial charge in [-0.15, -0.1) is 0 Å². The fourth-order valence-corrected chi connectivity index (χ4v) is 3.49. The van der Waals surface area contributed by atoms with Crippen molar-refractivity contribution in [1.29, 1.82) is 0 Å². The van der Waals surface area contributed by atoms with Crippen LogP contribution < -0.4 is 0 Å². The molecule has 3 rings (SSSR count). The Balaban J connectivity index is 1.81. The molecule has 0 aliphatic carbocycles. The lowest BCUT2D eigenvalue weighted by Gasteiger charge is -2.10. The first-order valence-corrected chi connectivity index (χ1v) is 9.65. The lowest BCUT2D eigenvalue weighted by molar-refractivity contribution is -0.385. The van der Waals surface area contributed by atoms with E-state index >= 15 is 0 Å². The fourth-order valence-electron chi connectivity index (χ4n) is 2.45. The normalized spacial score (nSPS) is 10.4. The molecule has 0 aliphatic heterocycles. The van der Waals surface area contributed by atoms with Crippen LogP contribution in [0.15, 0.2) is 76.5 Å². The number of carbonyl (C=O) groups excluding carboxylic acids is 1. The predicted octanol–water partition coefficient (Wildman–Crippen LogP) is 5.66. The number of rotatable bonds is 7. The number of carbonyl (C=O) groups is 1. The SMILES string of the molecule is O=C(OCc1ccc([N+](=O)[O-])cc1)c1cc([N+](=O)[O-])ccc1Sc1ccc(Cl)cc1. The van der Waals surface area contributed by atoms with Crippen molar-refractivity contribution in [2.75, 3.05) is 0 Å². The van der Waals surface area contributed by atoms with E-state index in [1.54, 1.807) is 24.3 Å². The van der Waals surface area contributed by atoms with E-state index in [1.165, 1.54) is 48.2 Å². The van der Waals surface area contributed by atoms with Gasteiger partial charge in [-0.3, -0.25) is 20.2 Å². The van der Waals surface area contributed by atoms with Crippen LogP contribution in [0, 0.1) is 20.2 Å². The van der Waals surface area contributed by atoms with E-state index < -0.39 is 15.8 Å². The van der Waals surface area contributed by atoms with E-state index in [4.69, 9.17) is 16.3 Å². The van der Waals surface area contributed by atoms with E-state index in [0.717, 1.165) is 11.0 Å². The van der Waals surface area contributed by atoms with Gasteiger partial charge in [-0.1, -0.05) is 23.4 Å². The van der Waals surface area contributed by atoms with Crippen LogP contribution in [0.3, 0.4) is 0 Å². The Morgan fingerprint density at radius 3 is 2.10 bits per heavy atom. The van der Waals surface area contributed by atoms with Gasteiger partial charge in [-0.2, -0.15) is 0 Å². The van der Waals surface area contributed by atoms with Crippen molar-refractivity contribution in [3.8, 4) is 0 Å². The van der Waals surface area contributed by atoms with Crippen LogP contribution >= 0.6 is 23.4 Å². The second-order valence-electron chi connectivity index (χ2n) is 5.99. The third kappa shape index (κ3) is 5.34. The molecule has 3 aromatic rings. The van der Waals surface area contributed by atoms with Crippen LogP contribution in [0.1, 0.15) is 15.9 Å². The lowest BCUT2D eigenvalue weighted by atomic mass is 10.2. The molecule has 0 unspecified atom stereocenters. The Bertz CT molecular complexity index is 1100. The zero-order valence-corrected chi connectivity index (χ0v) is 16.8. The van der Waals surface area contributed by atoms with Gasteiger partial charge in [-0.05, 0) is 48.0 Å². The molecule has 0 aliphatic rings. The maximum Gasteiger partial charge on any atom is 0.339 e. The van der Waals surface area contributed by atoms with Crippen molar-refractivity contribution in [1.82, 2.24) is 0 Å². The molecule has 152 valence electrons. The van der Waals surface area contributed by atoms with Crippen LogP contribution in [0.5, 0.6) is 0 Å². The number of nitro benzene ring substituents is 2. The third-order valence-electron chi connectivity index (χ3n) is 3.95. The van der Waals surface area contributed by atoms with Crippen molar-refractivity contribution in [3.05, 3.63) is 103 Å². The molecule has 3 aromatic carbocycles. The summed E-state index contributed by atoms with van der Waals surface area (Å²) in [6.45, 7) is -0.134. The molecule has 0 spiro atoms. The number of hydrogen-bond acceptors (Lipinski definition) is 7. The Hall–Kier alpha value is -3.43. The van der Waals surface area contributed by atoms with Gasteiger partial charge in [0.1, 0.15) is 6.61 Å². The minimum Gasteiger partial charge on any atom is -0.457 e. The molecule has 0 saturated heterocycles. The van der Waals surface area contributed by atoms with Gasteiger partial charge in [0.25, 0.3) is 11.4 Å². The van der Waals surface area contributed by atoms with Crippen LogP contribution in [-0.2, 0) is 11.3 Å². The molecule has 0 aromatic heterocycles. The van der Waals surface area contributed by atoms with Crippen LogP contribution in [0.4, 0.5) is 11.4 Å². The van der Waals surface area contributed by atoms with Crippen LogP contribution in [0.25, 0.3) is 0 Å². The molecule has 30 heavy (non-hydrogen) atoms. The van der Waals surface area contributed by atoms with Crippen molar-refractivity contribution in [2.24, 2.45) is 0 Å². The first-order valence-electron chi connectivity index (χ1n) is 8.46. The number of non-ortho nitro benzene ring substituents is 2. The fraction of sp³-hybridized carbons (Fsp3) is 0.0500. The van der Waals surface area contributed by atoms with Crippen molar-refractivity contribution in [3.63, 3.8) is 0 Å². The van der Waals surface area contributed by atoms with Crippen molar-refractivity contribution < 1.29 is 19.4 Å². The zero-order valence-electron chi connectivity index (χ0n) is 15.2. The van der Waals surface area contributed by atoms with Gasteiger partial charge in [0.15, 0.2) is 0 Å². The summed E-state index contributed by atoms with van der Waals surface area (Å²) < 4.78 is 5.28. The Kier molecular flexibility index (Phi) is 6.65. The second-order valence-corrected chi connectivity index (χ2v) is 7.55. The van der Waals surface area contributed by atoms with Crippen LogP contribution in [-0.4, -0.2) is 15.8 Å². The molecule has 0 fully saturated rings. The average Bonchev–Trinajstić information content (AvgIpc) is 2.74. The molecular formula is C20H13ClN2O6S. The van der Waals surface area contributed by atoms with E-state index in [-0.39, 0.29) is 23.5 Å². The minimum atomic E-state index is -0.742. The largest absolute Gasteiger partial charge is 0.457 e. The summed E-state index contributed by atoms with van der Waals surface area (Å²) in [7, 11) is 0. The molecular weight excluding hydrogens is 432 g/mol. The smallest absolute Gasteiger partial charge is 0.339 e. The lowest BCUT2D eigenvalue weighted by Crippen LogP contribution is -2.07. The first-order chi connectivity index (χ1) is 14.3. The highest BCUT2D eigenvalue weighted by Crippen LogP contribution is 2.33. The van der Waals surface area contributed by atoms with Gasteiger partial charge in [0.05, 0.1) is 15.4 Å². The summed E-state index contributed by atoms with van der Waals surface area (Å²) in [5, 5.41) is 22.4. The topological polar surface area (TPSA) is 113 Å². The van der Waals surface area contributed by atoms with E-state index in [0.29, 0.717) is 15.5 Å². The number of esters is 1. The van der Waals surface area contributed by atoms with Gasteiger partial charge >= 0.3 is 5.97 Å². The number of nitrogens with zero attached hydrogens (tertiary/aromatic N) is 2. The average molecular weight is 445 g/mol. The van der Waals surface area contributed by atoms with Gasteiger partial charge < -0.3 is 4.74 Å². The molecule has 8 nitrogen and oxygen atoms in total. The van der Waals surface area contributed by atoms with Crippen molar-refractivity contribution in [2.45, 2.75) is 16.4 Å². The first kappa shape index (κ1) is 21.3. The Labute approximate surface area is 179 Å². The highest BCUT2D eigenvalue weighted by molar-refractivity contribution is 7.99. The number of benzene rings is 3. The molecule has 0 heterocycles. The summed E-state index contributed by atoms with van der Waals surface area (Å²) in [5.41, 5.74) is 0.278. The van der Waals surface area contributed by atoms with E-state index in [1.807, 2.05) is 0 Å². The van der Waals surface area contributed by atoms with Gasteiger partial charge in [0.2, 0.25) is 0 Å². The summed E-state index contributed by atoms with van der Waals surface area (Å²) in [6.07, 6.45) is 0. The number of halogens is 1. The van der Waals surface area contributed by atoms with Gasteiger partial charge in [-0.25, -0.2) is 4.79 Å². The standard InChI is InChI=1S/C20H13ClN2O6S/c21-14-3-8-17(9-4-14)30-19-10-7-16(23(27)28)11-18(19)20(24)29-12-13-1-5-15(6-2-13)22(25)26/h1-11H,12H2. The van der Waals surface area contributed by atoms with Crippen molar-refractivity contribution >= 4 is 40.7 Å². The van der Waals surface area contributed by atoms with E-state index in [2.05, 4.69) is 0 Å². The highest BCUT2D eigenvalue weighted by Gasteiger charge is 2.19. The molecule has 10 heteroatoms. The minimum absolute atomic E-state index is 0.0473. The summed E-state index contributed by atoms with van der Waals surface area (Å²) in [6, 6.07) is 16.4. The molecule has 0 amide bonds. The van der Waals surface area contributed by atoms with Gasteiger partial charge in [0, 0.05) is 39.1 Å². The van der Waals surface area contributed by atoms with E-state index in [9.17, 15) is 25.0 Å². The quantitative estimate of drug-likeness (QED) is 0.262. The maximum atomic E-state index is 12.6. The molecule has 0 atom stereocenters. The maximum absolute atomic E-state index is 12.6.